The highest BCUT2D eigenvalue weighted by molar-refractivity contribution is 5.39. The Balaban J connectivity index is 1.50. The lowest BCUT2D eigenvalue weighted by Gasteiger charge is -2.40. The predicted molar refractivity (Wildman–Crippen MR) is 102 cm³/mol. The molecule has 1 aliphatic heterocycles. The molecule has 7 heteroatoms. The minimum absolute atomic E-state index is 0.0127. The highest BCUT2D eigenvalue weighted by Gasteiger charge is 2.25. The van der Waals surface area contributed by atoms with Crippen molar-refractivity contribution in [1.82, 2.24) is 14.8 Å². The van der Waals surface area contributed by atoms with E-state index < -0.39 is 4.92 Å². The van der Waals surface area contributed by atoms with Gasteiger partial charge in [0.1, 0.15) is 12.0 Å². The van der Waals surface area contributed by atoms with E-state index in [4.69, 9.17) is 0 Å². The molecule has 0 saturated carbocycles. The van der Waals surface area contributed by atoms with Crippen molar-refractivity contribution in [3.05, 3.63) is 64.3 Å². The van der Waals surface area contributed by atoms with Crippen LogP contribution in [0.3, 0.4) is 0 Å². The van der Waals surface area contributed by atoms with Crippen LogP contribution in [0.25, 0.3) is 0 Å². The van der Waals surface area contributed by atoms with Crippen LogP contribution >= 0.6 is 0 Å². The van der Waals surface area contributed by atoms with Crippen LogP contribution in [0.5, 0.6) is 0 Å². The van der Waals surface area contributed by atoms with Gasteiger partial charge < -0.3 is 10.2 Å². The van der Waals surface area contributed by atoms with Crippen molar-refractivity contribution in [3.63, 3.8) is 0 Å². The summed E-state index contributed by atoms with van der Waals surface area (Å²) < 4.78 is 0. The highest BCUT2D eigenvalue weighted by Crippen LogP contribution is 2.24. The molecule has 0 spiro atoms. The van der Waals surface area contributed by atoms with Crippen molar-refractivity contribution in [2.24, 2.45) is 0 Å². The van der Waals surface area contributed by atoms with E-state index in [1.165, 1.54) is 17.8 Å². The van der Waals surface area contributed by atoms with E-state index in [-0.39, 0.29) is 5.69 Å². The maximum absolute atomic E-state index is 10.7. The molecule has 2 aromatic rings. The van der Waals surface area contributed by atoms with Gasteiger partial charge in [-0.3, -0.25) is 15.0 Å². The van der Waals surface area contributed by atoms with E-state index in [9.17, 15) is 10.1 Å². The number of rotatable bonds is 7. The lowest BCUT2D eigenvalue weighted by atomic mass is 10.0. The fraction of sp³-hybridized carbons (Fsp3) is 0.421. The summed E-state index contributed by atoms with van der Waals surface area (Å²) in [6.45, 7) is 4.99. The first kappa shape index (κ1) is 18.3. The fourth-order valence-electron chi connectivity index (χ4n) is 3.31. The summed E-state index contributed by atoms with van der Waals surface area (Å²) in [4.78, 5) is 19.2. The van der Waals surface area contributed by atoms with Crippen LogP contribution < -0.4 is 5.32 Å². The Labute approximate surface area is 153 Å². The minimum atomic E-state index is -0.437. The quantitative estimate of drug-likeness (QED) is 0.468. The number of hydrogen-bond acceptors (Lipinski definition) is 6. The molecule has 0 bridgehead atoms. The Morgan fingerprint density at radius 3 is 2.73 bits per heavy atom. The van der Waals surface area contributed by atoms with Gasteiger partial charge in [-0.1, -0.05) is 30.3 Å². The Hall–Kier alpha value is -2.51. The average Bonchev–Trinajstić information content (AvgIpc) is 2.67. The Morgan fingerprint density at radius 1 is 1.23 bits per heavy atom. The molecule has 7 nitrogen and oxygen atoms in total. The molecule has 0 amide bonds. The summed E-state index contributed by atoms with van der Waals surface area (Å²) in [5.74, 6) is 0.675. The van der Waals surface area contributed by atoms with Crippen LogP contribution in [0.15, 0.2) is 48.7 Å². The van der Waals surface area contributed by atoms with Gasteiger partial charge >= 0.3 is 0 Å². The monoisotopic (exact) mass is 355 g/mol. The smallest absolute Gasteiger partial charge is 0.287 e. The first-order valence-electron chi connectivity index (χ1n) is 8.95. The lowest BCUT2D eigenvalue weighted by molar-refractivity contribution is -0.385. The molecular weight excluding hydrogens is 330 g/mol. The van der Waals surface area contributed by atoms with Gasteiger partial charge in [0.25, 0.3) is 5.69 Å². The molecule has 1 aliphatic rings. The molecule has 26 heavy (non-hydrogen) atoms. The molecule has 1 atom stereocenters. The molecule has 2 heterocycles. The zero-order chi connectivity index (χ0) is 18.4. The second-order valence-electron chi connectivity index (χ2n) is 6.66. The summed E-state index contributed by atoms with van der Waals surface area (Å²) in [5.41, 5.74) is 1.38. The van der Waals surface area contributed by atoms with Crippen molar-refractivity contribution in [2.45, 2.75) is 12.5 Å². The summed E-state index contributed by atoms with van der Waals surface area (Å²) in [6, 6.07) is 14.2. The lowest BCUT2D eigenvalue weighted by Crippen LogP contribution is -2.47. The van der Waals surface area contributed by atoms with E-state index in [1.54, 1.807) is 6.07 Å². The normalized spacial score (nSPS) is 18.6. The molecule has 0 radical (unpaired) electrons. The van der Waals surface area contributed by atoms with Gasteiger partial charge in [0.2, 0.25) is 0 Å². The molecule has 1 unspecified atom stereocenters. The summed E-state index contributed by atoms with van der Waals surface area (Å²) in [7, 11) is 2.18. The van der Waals surface area contributed by atoms with Gasteiger partial charge in [0.15, 0.2) is 0 Å². The SMILES string of the molecule is CN1CCN(CCCNc2ccc([N+](=O)[O-])cn2)C(c2ccccc2)C1. The van der Waals surface area contributed by atoms with Crippen LogP contribution in [-0.2, 0) is 0 Å². The summed E-state index contributed by atoms with van der Waals surface area (Å²) in [5, 5.41) is 13.9. The maximum Gasteiger partial charge on any atom is 0.287 e. The zero-order valence-electron chi connectivity index (χ0n) is 15.0. The van der Waals surface area contributed by atoms with Crippen LogP contribution in [0.4, 0.5) is 11.5 Å². The molecule has 1 fully saturated rings. The van der Waals surface area contributed by atoms with Crippen LogP contribution in [0.2, 0.25) is 0 Å². The van der Waals surface area contributed by atoms with E-state index in [2.05, 4.69) is 57.5 Å². The second kappa shape index (κ2) is 8.73. The third-order valence-electron chi connectivity index (χ3n) is 4.77. The third-order valence-corrected chi connectivity index (χ3v) is 4.77. The minimum Gasteiger partial charge on any atom is -0.370 e. The molecule has 138 valence electrons. The Morgan fingerprint density at radius 2 is 2.04 bits per heavy atom. The molecule has 1 aromatic heterocycles. The number of nitrogens with zero attached hydrogens (tertiary/aromatic N) is 4. The van der Waals surface area contributed by atoms with Crippen LogP contribution in [-0.4, -0.2) is 59.5 Å². The topological polar surface area (TPSA) is 74.5 Å². The molecule has 3 rings (SSSR count). The van der Waals surface area contributed by atoms with E-state index >= 15 is 0 Å². The second-order valence-corrected chi connectivity index (χ2v) is 6.66. The standard InChI is InChI=1S/C19H25N5O2/c1-22-12-13-23(18(15-22)16-6-3-2-4-7-16)11-5-10-20-19-9-8-17(14-21-19)24(25)26/h2-4,6-9,14,18H,5,10-13,15H2,1H3,(H,20,21). The molecule has 1 saturated heterocycles. The largest absolute Gasteiger partial charge is 0.370 e. The van der Waals surface area contributed by atoms with Crippen molar-refractivity contribution in [3.8, 4) is 0 Å². The average molecular weight is 355 g/mol. The van der Waals surface area contributed by atoms with Crippen LogP contribution in [0.1, 0.15) is 18.0 Å². The Bertz CT molecular complexity index is 708. The number of piperazine rings is 1. The van der Waals surface area contributed by atoms with Crippen molar-refractivity contribution >= 4 is 11.5 Å². The number of anilines is 1. The van der Waals surface area contributed by atoms with E-state index in [0.29, 0.717) is 11.9 Å². The predicted octanol–water partition coefficient (Wildman–Crippen LogP) is 2.78. The number of nitro groups is 1. The van der Waals surface area contributed by atoms with E-state index in [0.717, 1.165) is 39.1 Å². The first-order valence-corrected chi connectivity index (χ1v) is 8.95. The van der Waals surface area contributed by atoms with E-state index in [1.807, 2.05) is 0 Å². The number of pyridine rings is 1. The van der Waals surface area contributed by atoms with Gasteiger partial charge in [-0.2, -0.15) is 0 Å². The number of likely N-dealkylation sites (N-methyl/N-ethyl adjacent to an activating group) is 1. The van der Waals surface area contributed by atoms with Crippen LogP contribution in [0, 0.1) is 10.1 Å². The van der Waals surface area contributed by atoms with Gasteiger partial charge in [-0.25, -0.2) is 4.98 Å². The fourth-order valence-corrected chi connectivity index (χ4v) is 3.31. The number of hydrogen-bond donors (Lipinski definition) is 1. The van der Waals surface area contributed by atoms with Crippen molar-refractivity contribution in [2.75, 3.05) is 45.1 Å². The summed E-state index contributed by atoms with van der Waals surface area (Å²) >= 11 is 0. The highest BCUT2D eigenvalue weighted by atomic mass is 16.6. The molecule has 1 aromatic carbocycles. The van der Waals surface area contributed by atoms with Gasteiger partial charge in [0, 0.05) is 44.8 Å². The maximum atomic E-state index is 10.7. The first-order chi connectivity index (χ1) is 12.6. The molecule has 0 aliphatic carbocycles. The zero-order valence-corrected chi connectivity index (χ0v) is 15.0. The van der Waals surface area contributed by atoms with Gasteiger partial charge in [0.05, 0.1) is 4.92 Å². The van der Waals surface area contributed by atoms with Gasteiger partial charge in [-0.05, 0) is 25.1 Å². The number of nitrogens with one attached hydrogen (secondary N) is 1. The summed E-state index contributed by atoms with van der Waals surface area (Å²) in [6.07, 6.45) is 2.28. The third kappa shape index (κ3) is 4.77. The van der Waals surface area contributed by atoms with Gasteiger partial charge in [-0.15, -0.1) is 0 Å². The van der Waals surface area contributed by atoms with Crippen molar-refractivity contribution in [1.29, 1.82) is 0 Å². The van der Waals surface area contributed by atoms with Crippen molar-refractivity contribution < 1.29 is 4.92 Å². The number of aromatic nitrogens is 1. The Kier molecular flexibility index (Phi) is 6.14. The number of benzene rings is 1. The molecule has 1 N–H and O–H groups in total. The molecular formula is C19H25N5O2.